The number of unbranched alkanes of at least 4 members (excludes halogenated alkanes) is 65. The van der Waals surface area contributed by atoms with Gasteiger partial charge in [-0.25, -0.2) is 0 Å². The van der Waals surface area contributed by atoms with Gasteiger partial charge >= 0.3 is 5.97 Å². The van der Waals surface area contributed by atoms with Crippen LogP contribution in [0.25, 0.3) is 0 Å². The third-order valence-corrected chi connectivity index (χ3v) is 19.6. The minimum Gasteiger partial charge on any atom is -0.466 e. The van der Waals surface area contributed by atoms with Gasteiger partial charge in [-0.15, -0.1) is 0 Å². The number of carbonyl (C=O) groups is 2. The van der Waals surface area contributed by atoms with Crippen molar-refractivity contribution >= 4 is 11.9 Å². The van der Waals surface area contributed by atoms with Gasteiger partial charge in [0.05, 0.1) is 25.4 Å². The van der Waals surface area contributed by atoms with Crippen LogP contribution in [0.3, 0.4) is 0 Å². The number of carbonyl (C=O) groups excluding carboxylic acids is 2. The van der Waals surface area contributed by atoms with E-state index >= 15 is 0 Å². The molecule has 0 aliphatic rings. The van der Waals surface area contributed by atoms with Crippen LogP contribution in [0.5, 0.6) is 0 Å². The monoisotopic (exact) mass is 1240 g/mol. The molecule has 1 amide bonds. The predicted octanol–water partition coefficient (Wildman–Crippen LogP) is 27.1. The van der Waals surface area contributed by atoms with E-state index in [0.717, 1.165) is 44.9 Å². The molecular formula is C82H161NO5. The molecule has 3 N–H and O–H groups in total. The number of rotatable bonds is 78. The summed E-state index contributed by atoms with van der Waals surface area (Å²) in [6.45, 7) is 5.00. The Kier molecular flexibility index (Phi) is 76.8. The van der Waals surface area contributed by atoms with E-state index in [1.165, 1.54) is 398 Å². The number of esters is 1. The van der Waals surface area contributed by atoms with Crippen molar-refractivity contribution < 1.29 is 24.5 Å². The molecule has 2 atom stereocenters. The second-order valence-electron chi connectivity index (χ2n) is 28.5. The minimum atomic E-state index is -0.659. The maximum absolute atomic E-state index is 12.5. The largest absolute Gasteiger partial charge is 0.466 e. The molecule has 6 heteroatoms. The van der Waals surface area contributed by atoms with Crippen LogP contribution < -0.4 is 5.32 Å². The fraction of sp³-hybridized carbons (Fsp3) is 0.951. The summed E-state index contributed by atoms with van der Waals surface area (Å²) in [5, 5.41) is 23.4. The van der Waals surface area contributed by atoms with Crippen LogP contribution in [0.4, 0.5) is 0 Å². The van der Waals surface area contributed by atoms with E-state index in [1.807, 2.05) is 0 Å². The van der Waals surface area contributed by atoms with Crippen molar-refractivity contribution in [1.82, 2.24) is 5.32 Å². The molecule has 0 aromatic rings. The summed E-state index contributed by atoms with van der Waals surface area (Å²) in [5.74, 6) is -0.00660. The van der Waals surface area contributed by atoms with E-state index in [0.29, 0.717) is 25.9 Å². The van der Waals surface area contributed by atoms with Crippen molar-refractivity contribution in [3.63, 3.8) is 0 Å². The Morgan fingerprint density at radius 2 is 0.534 bits per heavy atom. The highest BCUT2D eigenvalue weighted by atomic mass is 16.5. The van der Waals surface area contributed by atoms with Gasteiger partial charge in [0.25, 0.3) is 0 Å². The lowest BCUT2D eigenvalue weighted by atomic mass is 10.0. The molecule has 0 aromatic carbocycles. The summed E-state index contributed by atoms with van der Waals surface area (Å²) < 4.78 is 5.51. The Bertz CT molecular complexity index is 1340. The van der Waals surface area contributed by atoms with Crippen LogP contribution in [-0.2, 0) is 14.3 Å². The summed E-state index contributed by atoms with van der Waals surface area (Å²) in [6, 6.07) is -0.536. The minimum absolute atomic E-state index is 0.0178. The Hall–Kier alpha value is -1.40. The molecule has 2 unspecified atom stereocenters. The maximum Gasteiger partial charge on any atom is 0.305 e. The Balaban J connectivity index is 3.28. The van der Waals surface area contributed by atoms with Crippen LogP contribution in [0.15, 0.2) is 12.2 Å². The average Bonchev–Trinajstić information content (AvgIpc) is 3.58. The lowest BCUT2D eigenvalue weighted by Crippen LogP contribution is -2.45. The smallest absolute Gasteiger partial charge is 0.305 e. The van der Waals surface area contributed by atoms with Gasteiger partial charge < -0.3 is 20.3 Å². The molecule has 0 aromatic heterocycles. The molecule has 88 heavy (non-hydrogen) atoms. The van der Waals surface area contributed by atoms with Gasteiger partial charge in [0, 0.05) is 12.8 Å². The molecule has 0 fully saturated rings. The summed E-state index contributed by atoms with van der Waals surface area (Å²) in [6.07, 6.45) is 99.0. The number of allylic oxidation sites excluding steroid dienone is 2. The lowest BCUT2D eigenvalue weighted by molar-refractivity contribution is -0.143. The second-order valence-corrected chi connectivity index (χ2v) is 28.5. The third-order valence-electron chi connectivity index (χ3n) is 19.6. The summed E-state index contributed by atoms with van der Waals surface area (Å²) in [5.41, 5.74) is 0. The molecule has 0 saturated heterocycles. The molecule has 0 bridgehead atoms. The quantitative estimate of drug-likeness (QED) is 0.0320. The van der Waals surface area contributed by atoms with Gasteiger partial charge in [0.15, 0.2) is 0 Å². The van der Waals surface area contributed by atoms with Crippen LogP contribution in [0.1, 0.15) is 476 Å². The zero-order valence-corrected chi connectivity index (χ0v) is 60.3. The summed E-state index contributed by atoms with van der Waals surface area (Å²) >= 11 is 0. The van der Waals surface area contributed by atoms with Crippen LogP contribution in [0.2, 0.25) is 0 Å². The van der Waals surface area contributed by atoms with E-state index in [4.69, 9.17) is 4.74 Å². The summed E-state index contributed by atoms with van der Waals surface area (Å²) in [4.78, 5) is 24.6. The number of aliphatic hydroxyl groups is 2. The number of amides is 1. The Labute approximate surface area is 552 Å². The highest BCUT2D eigenvalue weighted by Crippen LogP contribution is 2.21. The zero-order chi connectivity index (χ0) is 63.5. The highest BCUT2D eigenvalue weighted by Gasteiger charge is 2.20. The van der Waals surface area contributed by atoms with Gasteiger partial charge in [-0.2, -0.15) is 0 Å². The van der Waals surface area contributed by atoms with E-state index in [2.05, 4.69) is 31.3 Å². The normalized spacial score (nSPS) is 12.5. The first-order valence-corrected chi connectivity index (χ1v) is 40.9. The van der Waals surface area contributed by atoms with Crippen LogP contribution >= 0.6 is 0 Å². The Morgan fingerprint density at radius 1 is 0.307 bits per heavy atom. The standard InChI is InChI=1S/C82H161NO5/c1-3-5-7-9-11-13-15-17-19-46-50-54-58-62-66-70-74-80(85)79(78-84)83-81(86)75-71-67-63-59-55-51-47-44-42-40-38-36-34-32-30-28-26-24-22-21-23-25-27-29-31-33-35-37-39-41-43-45-49-53-57-61-65-69-73-77-88-82(87)76-72-68-64-60-56-52-48-20-18-16-14-12-10-8-6-4-2/h20,48,79-80,84-85H,3-19,21-47,49-78H2,1-2H3,(H,83,86)/b48-20-. The van der Waals surface area contributed by atoms with Gasteiger partial charge in [-0.05, 0) is 51.4 Å². The SMILES string of the molecule is CCCCCCCCC/C=C\CCCCCCCC(=O)OCCCCCCCCCCCCCCCCCCCCCCCCCCCCCCCCCCCCCCCCCC(=O)NC(CO)C(O)CCCCCCCCCCCCCCCCCC. The van der Waals surface area contributed by atoms with Crippen molar-refractivity contribution in [3.05, 3.63) is 12.2 Å². The van der Waals surface area contributed by atoms with Gasteiger partial charge in [0.1, 0.15) is 0 Å². The first-order chi connectivity index (χ1) is 43.5. The van der Waals surface area contributed by atoms with Crippen molar-refractivity contribution in [3.8, 4) is 0 Å². The first-order valence-electron chi connectivity index (χ1n) is 40.9. The molecule has 0 aliphatic carbocycles. The van der Waals surface area contributed by atoms with Gasteiger partial charge in [-0.1, -0.05) is 424 Å². The van der Waals surface area contributed by atoms with Crippen molar-refractivity contribution in [2.75, 3.05) is 13.2 Å². The van der Waals surface area contributed by atoms with Gasteiger partial charge in [-0.3, -0.25) is 9.59 Å². The molecule has 0 heterocycles. The van der Waals surface area contributed by atoms with E-state index in [1.54, 1.807) is 0 Å². The number of hydrogen-bond acceptors (Lipinski definition) is 5. The zero-order valence-electron chi connectivity index (χ0n) is 60.3. The van der Waals surface area contributed by atoms with Crippen LogP contribution in [0, 0.1) is 0 Å². The highest BCUT2D eigenvalue weighted by molar-refractivity contribution is 5.76. The third kappa shape index (κ3) is 73.6. The number of ether oxygens (including phenoxy) is 1. The number of hydrogen-bond donors (Lipinski definition) is 3. The molecule has 0 radical (unpaired) electrons. The van der Waals surface area contributed by atoms with Crippen molar-refractivity contribution in [2.45, 2.75) is 488 Å². The maximum atomic E-state index is 12.5. The van der Waals surface area contributed by atoms with E-state index in [-0.39, 0.29) is 18.5 Å². The number of nitrogens with one attached hydrogen (secondary N) is 1. The van der Waals surface area contributed by atoms with Crippen LogP contribution in [-0.4, -0.2) is 47.4 Å². The lowest BCUT2D eigenvalue weighted by Gasteiger charge is -2.22. The molecular weight excluding hydrogens is 1080 g/mol. The second kappa shape index (κ2) is 78.0. The predicted molar refractivity (Wildman–Crippen MR) is 389 cm³/mol. The van der Waals surface area contributed by atoms with E-state index < -0.39 is 12.1 Å². The van der Waals surface area contributed by atoms with Gasteiger partial charge in [0.2, 0.25) is 5.91 Å². The topological polar surface area (TPSA) is 95.9 Å². The molecule has 0 rings (SSSR count). The first kappa shape index (κ1) is 86.6. The number of aliphatic hydroxyl groups excluding tert-OH is 2. The molecule has 6 nitrogen and oxygen atoms in total. The molecule has 524 valence electrons. The fourth-order valence-electron chi connectivity index (χ4n) is 13.3. The molecule has 0 spiro atoms. The van der Waals surface area contributed by atoms with E-state index in [9.17, 15) is 19.8 Å². The molecule has 0 saturated carbocycles. The average molecular weight is 1240 g/mol. The summed E-state index contributed by atoms with van der Waals surface area (Å²) in [7, 11) is 0. The Morgan fingerprint density at radius 3 is 0.807 bits per heavy atom. The van der Waals surface area contributed by atoms with Crippen molar-refractivity contribution in [1.29, 1.82) is 0 Å². The van der Waals surface area contributed by atoms with Crippen molar-refractivity contribution in [2.24, 2.45) is 0 Å². The molecule has 0 aliphatic heterocycles. The fourth-order valence-corrected chi connectivity index (χ4v) is 13.3.